The molecule has 2 aromatic rings. The predicted octanol–water partition coefficient (Wildman–Crippen LogP) is 2.47. The summed E-state index contributed by atoms with van der Waals surface area (Å²) in [6.07, 6.45) is 0. The number of hydrogen-bond donors (Lipinski definition) is 2. The highest BCUT2D eigenvalue weighted by Gasteiger charge is 2.24. The molecule has 0 fully saturated rings. The Morgan fingerprint density at radius 2 is 2.14 bits per heavy atom. The van der Waals surface area contributed by atoms with Gasteiger partial charge in [0.1, 0.15) is 10.7 Å². The zero-order valence-corrected chi connectivity index (χ0v) is 11.3. The summed E-state index contributed by atoms with van der Waals surface area (Å²) in [5, 5.41) is 13.0. The van der Waals surface area contributed by atoms with Crippen molar-refractivity contribution in [1.29, 1.82) is 0 Å². The molecule has 0 spiro atoms. The van der Waals surface area contributed by atoms with Crippen molar-refractivity contribution >= 4 is 33.8 Å². The molecule has 1 heterocycles. The van der Waals surface area contributed by atoms with Crippen molar-refractivity contribution in [3.8, 4) is 0 Å². The summed E-state index contributed by atoms with van der Waals surface area (Å²) in [6.45, 7) is 1.51. The summed E-state index contributed by atoms with van der Waals surface area (Å²) in [5.74, 6) is -3.17. The predicted molar refractivity (Wildman–Crippen MR) is 72.2 cm³/mol. The van der Waals surface area contributed by atoms with Crippen molar-refractivity contribution < 1.29 is 18.5 Å². The highest BCUT2D eigenvalue weighted by Crippen LogP contribution is 2.30. The molecule has 10 heteroatoms. The molecule has 0 unspecified atom stereocenters. The van der Waals surface area contributed by atoms with Gasteiger partial charge in [-0.2, -0.15) is 0 Å². The summed E-state index contributed by atoms with van der Waals surface area (Å²) in [6, 6.07) is 0.961. The monoisotopic (exact) mass is 314 g/mol. The van der Waals surface area contributed by atoms with E-state index in [2.05, 4.69) is 10.3 Å². The van der Waals surface area contributed by atoms with Gasteiger partial charge >= 0.3 is 0 Å². The fourth-order valence-electron chi connectivity index (χ4n) is 1.63. The number of nitrogens with one attached hydrogen (secondary N) is 1. The number of carbonyl (C=O) groups is 1. The van der Waals surface area contributed by atoms with Gasteiger partial charge in [0.05, 0.1) is 16.7 Å². The molecule has 1 aromatic carbocycles. The maximum Gasteiger partial charge on any atom is 0.298 e. The standard InChI is InChI=1S/C11H8F2N4O3S/c1-4-9(21-11(14)15-4)10(18)16-8-6(13)2-5(12)3-7(8)17(19)20/h2-3H,1H3,(H2,14,15)(H,16,18). The van der Waals surface area contributed by atoms with Gasteiger partial charge in [0.25, 0.3) is 11.6 Å². The SMILES string of the molecule is Cc1nc(N)sc1C(=O)Nc1c(F)cc(F)cc1[N+](=O)[O-]. The Hall–Kier alpha value is -2.62. The first-order valence-corrected chi connectivity index (χ1v) is 6.29. The van der Waals surface area contributed by atoms with Crippen LogP contribution in [0.5, 0.6) is 0 Å². The van der Waals surface area contributed by atoms with E-state index in [4.69, 9.17) is 5.73 Å². The molecule has 3 N–H and O–H groups in total. The van der Waals surface area contributed by atoms with Crippen LogP contribution in [-0.4, -0.2) is 15.8 Å². The van der Waals surface area contributed by atoms with Crippen molar-refractivity contribution in [2.45, 2.75) is 6.92 Å². The number of nitrogens with zero attached hydrogens (tertiary/aromatic N) is 2. The second kappa shape index (κ2) is 5.40. The van der Waals surface area contributed by atoms with Crippen LogP contribution in [0.3, 0.4) is 0 Å². The molecule has 21 heavy (non-hydrogen) atoms. The molecule has 0 aliphatic carbocycles. The minimum absolute atomic E-state index is 0.0884. The number of nitrogen functional groups attached to an aromatic ring is 1. The van der Waals surface area contributed by atoms with Crippen LogP contribution < -0.4 is 11.1 Å². The summed E-state index contributed by atoms with van der Waals surface area (Å²) in [7, 11) is 0. The lowest BCUT2D eigenvalue weighted by molar-refractivity contribution is -0.384. The molecule has 0 saturated heterocycles. The van der Waals surface area contributed by atoms with E-state index in [1.54, 1.807) is 0 Å². The maximum atomic E-state index is 13.7. The van der Waals surface area contributed by atoms with E-state index in [-0.39, 0.29) is 10.0 Å². The second-order valence-corrected chi connectivity index (χ2v) is 4.99. The zero-order valence-electron chi connectivity index (χ0n) is 10.5. The van der Waals surface area contributed by atoms with Crippen LogP contribution in [0.25, 0.3) is 0 Å². The number of amides is 1. The molecule has 110 valence electrons. The highest BCUT2D eigenvalue weighted by atomic mass is 32.1. The number of carbonyl (C=O) groups excluding carboxylic acids is 1. The Morgan fingerprint density at radius 1 is 1.48 bits per heavy atom. The second-order valence-electron chi connectivity index (χ2n) is 3.96. The first kappa shape index (κ1) is 14.8. The molecule has 0 radical (unpaired) electrons. The van der Waals surface area contributed by atoms with E-state index in [0.29, 0.717) is 17.8 Å². The fourth-order valence-corrected chi connectivity index (χ4v) is 2.35. The number of nitro benzene ring substituents is 1. The minimum atomic E-state index is -1.25. The van der Waals surface area contributed by atoms with Crippen LogP contribution in [0, 0.1) is 28.7 Å². The number of nitrogens with two attached hydrogens (primary N) is 1. The lowest BCUT2D eigenvalue weighted by Gasteiger charge is -2.06. The molecular weight excluding hydrogens is 306 g/mol. The largest absolute Gasteiger partial charge is 0.375 e. The van der Waals surface area contributed by atoms with E-state index >= 15 is 0 Å². The van der Waals surface area contributed by atoms with Crippen molar-refractivity contribution in [2.24, 2.45) is 0 Å². The Labute approximate surface area is 120 Å². The smallest absolute Gasteiger partial charge is 0.298 e. The van der Waals surface area contributed by atoms with Gasteiger partial charge < -0.3 is 11.1 Å². The summed E-state index contributed by atoms with van der Waals surface area (Å²) >= 11 is 0.853. The number of aryl methyl sites for hydroxylation is 1. The third-order valence-corrected chi connectivity index (χ3v) is 3.47. The van der Waals surface area contributed by atoms with Gasteiger partial charge in [-0.3, -0.25) is 14.9 Å². The van der Waals surface area contributed by atoms with Crippen LogP contribution >= 0.6 is 11.3 Å². The molecule has 7 nitrogen and oxygen atoms in total. The quantitative estimate of drug-likeness (QED) is 0.667. The van der Waals surface area contributed by atoms with Gasteiger partial charge in [-0.25, -0.2) is 13.8 Å². The van der Waals surface area contributed by atoms with Crippen molar-refractivity contribution in [1.82, 2.24) is 4.98 Å². The van der Waals surface area contributed by atoms with Crippen LogP contribution in [0.15, 0.2) is 12.1 Å². The van der Waals surface area contributed by atoms with E-state index in [1.807, 2.05) is 0 Å². The Balaban J connectivity index is 2.42. The lowest BCUT2D eigenvalue weighted by atomic mass is 10.2. The third kappa shape index (κ3) is 2.94. The van der Waals surface area contributed by atoms with Crippen LogP contribution in [-0.2, 0) is 0 Å². The van der Waals surface area contributed by atoms with Gasteiger partial charge in [0.2, 0.25) is 0 Å². The van der Waals surface area contributed by atoms with Crippen molar-refractivity contribution in [2.75, 3.05) is 11.1 Å². The van der Waals surface area contributed by atoms with Gasteiger partial charge in [0.15, 0.2) is 16.6 Å². The number of hydrogen-bond acceptors (Lipinski definition) is 6. The normalized spacial score (nSPS) is 10.4. The first-order chi connectivity index (χ1) is 9.79. The molecule has 0 atom stereocenters. The molecule has 0 aliphatic heterocycles. The van der Waals surface area contributed by atoms with Crippen molar-refractivity contribution in [3.05, 3.63) is 44.5 Å². The summed E-state index contributed by atoms with van der Waals surface area (Å²) < 4.78 is 26.7. The van der Waals surface area contributed by atoms with E-state index in [0.717, 1.165) is 11.3 Å². The molecule has 0 aliphatic rings. The fraction of sp³-hybridized carbons (Fsp3) is 0.0909. The third-order valence-electron chi connectivity index (χ3n) is 2.49. The average Bonchev–Trinajstić information content (AvgIpc) is 2.71. The van der Waals surface area contributed by atoms with Crippen molar-refractivity contribution in [3.63, 3.8) is 0 Å². The molecule has 1 aromatic heterocycles. The molecule has 0 saturated carbocycles. The molecule has 1 amide bonds. The topological polar surface area (TPSA) is 111 Å². The van der Waals surface area contributed by atoms with Crippen LogP contribution in [0.4, 0.5) is 25.3 Å². The van der Waals surface area contributed by atoms with Gasteiger partial charge in [-0.1, -0.05) is 11.3 Å². The number of nitro groups is 1. The number of aromatic nitrogens is 1. The van der Waals surface area contributed by atoms with Crippen LogP contribution in [0.2, 0.25) is 0 Å². The van der Waals surface area contributed by atoms with Gasteiger partial charge in [0, 0.05) is 6.07 Å². The number of anilines is 2. The Morgan fingerprint density at radius 3 is 2.67 bits per heavy atom. The Kier molecular flexibility index (Phi) is 3.80. The highest BCUT2D eigenvalue weighted by molar-refractivity contribution is 7.17. The average molecular weight is 314 g/mol. The number of benzene rings is 1. The van der Waals surface area contributed by atoms with Crippen LogP contribution in [0.1, 0.15) is 15.4 Å². The van der Waals surface area contributed by atoms with E-state index in [1.165, 1.54) is 6.92 Å². The molecule has 0 bridgehead atoms. The summed E-state index contributed by atoms with van der Waals surface area (Å²) in [4.78, 5) is 25.7. The van der Waals surface area contributed by atoms with Gasteiger partial charge in [-0.05, 0) is 6.92 Å². The molecular formula is C11H8F2N4O3S. The lowest BCUT2D eigenvalue weighted by Crippen LogP contribution is -2.14. The number of thiazole rings is 1. The first-order valence-electron chi connectivity index (χ1n) is 5.47. The maximum absolute atomic E-state index is 13.7. The zero-order chi connectivity index (χ0) is 15.7. The minimum Gasteiger partial charge on any atom is -0.375 e. The van der Waals surface area contributed by atoms with E-state index < -0.39 is 33.8 Å². The van der Waals surface area contributed by atoms with E-state index in [9.17, 15) is 23.7 Å². The number of halogens is 2. The van der Waals surface area contributed by atoms with Gasteiger partial charge in [-0.15, -0.1) is 0 Å². The Bertz CT molecular complexity index is 747. The summed E-state index contributed by atoms with van der Waals surface area (Å²) in [5.41, 5.74) is 4.15. The molecule has 2 rings (SSSR count). The number of rotatable bonds is 3.